The summed E-state index contributed by atoms with van der Waals surface area (Å²) in [6.07, 6.45) is 3.51. The second-order valence-corrected chi connectivity index (χ2v) is 5.97. The third kappa shape index (κ3) is 3.44. The molecule has 2 atom stereocenters. The van der Waals surface area contributed by atoms with Crippen LogP contribution in [0, 0.1) is 5.82 Å². The summed E-state index contributed by atoms with van der Waals surface area (Å²) >= 11 is 0. The monoisotopic (exact) mass is 305 g/mol. The lowest BCUT2D eigenvalue weighted by molar-refractivity contribution is -0.122. The van der Waals surface area contributed by atoms with E-state index in [1.165, 1.54) is 12.1 Å². The predicted molar refractivity (Wildman–Crippen MR) is 80.8 cm³/mol. The van der Waals surface area contributed by atoms with Gasteiger partial charge >= 0.3 is 0 Å². The SMILES string of the molecule is O=C1CC2CCCC(CN1)N2CC(=O)Nc1ccc(F)cc1. The van der Waals surface area contributed by atoms with E-state index < -0.39 is 0 Å². The number of piperidine rings is 1. The molecule has 2 bridgehead atoms. The van der Waals surface area contributed by atoms with Crippen LogP contribution < -0.4 is 10.6 Å². The second kappa shape index (κ2) is 6.44. The number of benzene rings is 1. The second-order valence-electron chi connectivity index (χ2n) is 5.97. The summed E-state index contributed by atoms with van der Waals surface area (Å²) in [5, 5.41) is 5.71. The van der Waals surface area contributed by atoms with Crippen molar-refractivity contribution in [3.05, 3.63) is 30.1 Å². The van der Waals surface area contributed by atoms with Crippen LogP contribution in [-0.4, -0.2) is 41.9 Å². The van der Waals surface area contributed by atoms with E-state index in [0.29, 0.717) is 18.7 Å². The highest BCUT2D eigenvalue weighted by atomic mass is 19.1. The Kier molecular flexibility index (Phi) is 4.38. The van der Waals surface area contributed by atoms with Crippen LogP contribution in [0.1, 0.15) is 25.7 Å². The average molecular weight is 305 g/mol. The van der Waals surface area contributed by atoms with Gasteiger partial charge in [-0.05, 0) is 37.1 Å². The Morgan fingerprint density at radius 1 is 1.27 bits per heavy atom. The zero-order valence-electron chi connectivity index (χ0n) is 12.3. The summed E-state index contributed by atoms with van der Waals surface area (Å²) in [4.78, 5) is 26.1. The smallest absolute Gasteiger partial charge is 0.238 e. The van der Waals surface area contributed by atoms with Gasteiger partial charge in [-0.25, -0.2) is 4.39 Å². The highest BCUT2D eigenvalue weighted by Gasteiger charge is 2.35. The Balaban J connectivity index is 1.64. The lowest BCUT2D eigenvalue weighted by Gasteiger charge is -2.39. The number of amides is 2. The summed E-state index contributed by atoms with van der Waals surface area (Å²) in [5.74, 6) is -0.388. The predicted octanol–water partition coefficient (Wildman–Crippen LogP) is 1.51. The third-order valence-corrected chi connectivity index (χ3v) is 4.42. The van der Waals surface area contributed by atoms with Crippen molar-refractivity contribution in [3.8, 4) is 0 Å². The fourth-order valence-corrected chi connectivity index (χ4v) is 3.33. The van der Waals surface area contributed by atoms with Gasteiger partial charge in [0.25, 0.3) is 0 Å². The van der Waals surface area contributed by atoms with Gasteiger partial charge in [0.15, 0.2) is 0 Å². The number of carbonyl (C=O) groups is 2. The molecule has 1 aromatic carbocycles. The van der Waals surface area contributed by atoms with Crippen molar-refractivity contribution < 1.29 is 14.0 Å². The number of nitrogens with one attached hydrogen (secondary N) is 2. The molecule has 6 heteroatoms. The number of anilines is 1. The van der Waals surface area contributed by atoms with Crippen molar-refractivity contribution in [2.24, 2.45) is 0 Å². The van der Waals surface area contributed by atoms with E-state index in [4.69, 9.17) is 0 Å². The zero-order valence-corrected chi connectivity index (χ0v) is 12.3. The first-order valence-electron chi connectivity index (χ1n) is 7.69. The molecular weight excluding hydrogens is 285 g/mol. The Hall–Kier alpha value is -1.95. The first-order valence-corrected chi connectivity index (χ1v) is 7.69. The van der Waals surface area contributed by atoms with Crippen molar-refractivity contribution in [2.45, 2.75) is 37.8 Å². The number of halogens is 1. The molecular formula is C16H20FN3O2. The molecule has 0 aliphatic carbocycles. The Labute approximate surface area is 128 Å². The van der Waals surface area contributed by atoms with Crippen molar-refractivity contribution in [3.63, 3.8) is 0 Å². The molecule has 0 spiro atoms. The van der Waals surface area contributed by atoms with E-state index in [1.807, 2.05) is 0 Å². The summed E-state index contributed by atoms with van der Waals surface area (Å²) in [5.41, 5.74) is 0.584. The molecule has 2 aliphatic heterocycles. The number of hydrogen-bond donors (Lipinski definition) is 2. The normalized spacial score (nSPS) is 25.2. The molecule has 2 fully saturated rings. The molecule has 2 amide bonds. The summed E-state index contributed by atoms with van der Waals surface area (Å²) in [6, 6.07) is 6.09. The van der Waals surface area contributed by atoms with Gasteiger partial charge in [-0.2, -0.15) is 0 Å². The number of nitrogens with zero attached hydrogens (tertiary/aromatic N) is 1. The zero-order chi connectivity index (χ0) is 15.5. The van der Waals surface area contributed by atoms with Crippen molar-refractivity contribution in [2.75, 3.05) is 18.4 Å². The maximum atomic E-state index is 12.9. The van der Waals surface area contributed by atoms with Crippen molar-refractivity contribution in [1.29, 1.82) is 0 Å². The van der Waals surface area contributed by atoms with Gasteiger partial charge in [-0.15, -0.1) is 0 Å². The molecule has 2 N–H and O–H groups in total. The third-order valence-electron chi connectivity index (χ3n) is 4.42. The maximum Gasteiger partial charge on any atom is 0.238 e. The highest BCUT2D eigenvalue weighted by Crippen LogP contribution is 2.26. The lowest BCUT2D eigenvalue weighted by Crippen LogP contribution is -2.50. The molecule has 3 rings (SSSR count). The molecule has 5 nitrogen and oxygen atoms in total. The fourth-order valence-electron chi connectivity index (χ4n) is 3.33. The van der Waals surface area contributed by atoms with E-state index >= 15 is 0 Å². The number of fused-ring (bicyclic) bond motifs is 2. The molecule has 0 saturated carbocycles. The van der Waals surface area contributed by atoms with Crippen LogP contribution in [0.15, 0.2) is 24.3 Å². The number of carbonyl (C=O) groups excluding carboxylic acids is 2. The highest BCUT2D eigenvalue weighted by molar-refractivity contribution is 5.92. The van der Waals surface area contributed by atoms with Gasteiger partial charge in [0.2, 0.25) is 11.8 Å². The molecule has 2 heterocycles. The summed E-state index contributed by atoms with van der Waals surface area (Å²) < 4.78 is 12.9. The lowest BCUT2D eigenvalue weighted by atomic mass is 9.94. The molecule has 1 aromatic rings. The quantitative estimate of drug-likeness (QED) is 0.890. The van der Waals surface area contributed by atoms with Crippen LogP contribution >= 0.6 is 0 Å². The maximum absolute atomic E-state index is 12.9. The fraction of sp³-hybridized carbons (Fsp3) is 0.500. The van der Waals surface area contributed by atoms with Gasteiger partial charge in [0.05, 0.1) is 6.54 Å². The first-order chi connectivity index (χ1) is 10.6. The summed E-state index contributed by atoms with van der Waals surface area (Å²) in [6.45, 7) is 0.876. The first kappa shape index (κ1) is 15.0. The molecule has 2 aliphatic rings. The van der Waals surface area contributed by atoms with E-state index in [9.17, 15) is 14.0 Å². The van der Waals surface area contributed by atoms with Gasteiger partial charge in [0, 0.05) is 30.7 Å². The van der Waals surface area contributed by atoms with Gasteiger partial charge in [-0.1, -0.05) is 6.42 Å². The van der Waals surface area contributed by atoms with Gasteiger partial charge in [-0.3, -0.25) is 14.5 Å². The van der Waals surface area contributed by atoms with Crippen LogP contribution in [0.4, 0.5) is 10.1 Å². The Morgan fingerprint density at radius 3 is 2.77 bits per heavy atom. The van der Waals surface area contributed by atoms with E-state index in [1.54, 1.807) is 12.1 Å². The topological polar surface area (TPSA) is 61.4 Å². The van der Waals surface area contributed by atoms with Gasteiger partial charge in [0.1, 0.15) is 5.82 Å². The molecule has 22 heavy (non-hydrogen) atoms. The molecule has 2 unspecified atom stereocenters. The molecule has 0 aromatic heterocycles. The van der Waals surface area contributed by atoms with E-state index in [2.05, 4.69) is 15.5 Å². The minimum Gasteiger partial charge on any atom is -0.354 e. The number of hydrogen-bond acceptors (Lipinski definition) is 3. The van der Waals surface area contributed by atoms with E-state index in [0.717, 1.165) is 19.3 Å². The van der Waals surface area contributed by atoms with Crippen molar-refractivity contribution in [1.82, 2.24) is 10.2 Å². The minimum absolute atomic E-state index is 0.0679. The largest absolute Gasteiger partial charge is 0.354 e. The molecule has 2 saturated heterocycles. The Bertz CT molecular complexity index is 561. The van der Waals surface area contributed by atoms with E-state index in [-0.39, 0.29) is 36.3 Å². The summed E-state index contributed by atoms with van der Waals surface area (Å²) in [7, 11) is 0. The van der Waals surface area contributed by atoms with Gasteiger partial charge < -0.3 is 10.6 Å². The van der Waals surface area contributed by atoms with Crippen LogP contribution in [0.5, 0.6) is 0 Å². The molecule has 118 valence electrons. The van der Waals surface area contributed by atoms with Crippen LogP contribution in [0.25, 0.3) is 0 Å². The van der Waals surface area contributed by atoms with Crippen LogP contribution in [0.3, 0.4) is 0 Å². The Morgan fingerprint density at radius 2 is 2.00 bits per heavy atom. The van der Waals surface area contributed by atoms with Crippen molar-refractivity contribution >= 4 is 17.5 Å². The minimum atomic E-state index is -0.329. The van der Waals surface area contributed by atoms with Crippen LogP contribution in [-0.2, 0) is 9.59 Å². The van der Waals surface area contributed by atoms with Crippen LogP contribution in [0.2, 0.25) is 0 Å². The standard InChI is InChI=1S/C16H20FN3O2/c17-11-4-6-12(7-5-11)19-16(22)10-20-13-2-1-3-14(20)9-18-15(21)8-13/h4-7,13-14H,1-3,8-10H2,(H,18,21)(H,19,22). The average Bonchev–Trinajstić information content (AvgIpc) is 2.57. The number of rotatable bonds is 3. The molecule has 0 radical (unpaired) electrons.